The van der Waals surface area contributed by atoms with E-state index < -0.39 is 0 Å². The Hall–Kier alpha value is -1.75. The molecule has 0 atom stereocenters. The minimum absolute atomic E-state index is 0.0671. The first-order valence-electron chi connectivity index (χ1n) is 9.10. The molecule has 0 spiro atoms. The van der Waals surface area contributed by atoms with E-state index in [1.807, 2.05) is 6.07 Å². The highest BCUT2D eigenvalue weighted by atomic mass is 32.2. The Morgan fingerprint density at radius 2 is 1.96 bits per heavy atom. The molecule has 1 amide bonds. The van der Waals surface area contributed by atoms with Gasteiger partial charge in [-0.3, -0.25) is 9.36 Å². The Balaban J connectivity index is 1.82. The number of aromatic nitrogens is 2. The molecule has 134 valence electrons. The van der Waals surface area contributed by atoms with E-state index in [2.05, 4.69) is 54.9 Å². The first-order chi connectivity index (χ1) is 12.0. The summed E-state index contributed by atoms with van der Waals surface area (Å²) in [5.74, 6) is 0.462. The predicted octanol–water partition coefficient (Wildman–Crippen LogP) is 4.15. The zero-order chi connectivity index (χ0) is 17.9. The van der Waals surface area contributed by atoms with E-state index in [1.54, 1.807) is 0 Å². The van der Waals surface area contributed by atoms with Crippen LogP contribution in [0.4, 0.5) is 0 Å². The SMILES string of the molecule is CCC(C)(C)NC(=O)CSc1nc2c(n1-c1ccccc1)CCCC2. The van der Waals surface area contributed by atoms with E-state index >= 15 is 0 Å². The maximum atomic E-state index is 12.3. The standard InChI is InChI=1S/C20H27N3OS/c1-4-20(2,3)22-18(24)14-25-19-21-16-12-8-9-13-17(16)23(19)15-10-6-5-7-11-15/h5-7,10-11H,4,8-9,12-14H2,1-3H3,(H,22,24). The summed E-state index contributed by atoms with van der Waals surface area (Å²) in [6.07, 6.45) is 5.43. The monoisotopic (exact) mass is 357 g/mol. The molecule has 4 nitrogen and oxygen atoms in total. The molecule has 1 aromatic heterocycles. The lowest BCUT2D eigenvalue weighted by molar-refractivity contribution is -0.120. The fourth-order valence-corrected chi connectivity index (χ4v) is 3.94. The number of hydrogen-bond donors (Lipinski definition) is 1. The average Bonchev–Trinajstić information content (AvgIpc) is 2.99. The molecular formula is C20H27N3OS. The van der Waals surface area contributed by atoms with Crippen molar-refractivity contribution in [3.63, 3.8) is 0 Å². The van der Waals surface area contributed by atoms with Crippen molar-refractivity contribution in [2.24, 2.45) is 0 Å². The van der Waals surface area contributed by atoms with Gasteiger partial charge < -0.3 is 5.32 Å². The van der Waals surface area contributed by atoms with Crippen LogP contribution in [0.1, 0.15) is 51.4 Å². The van der Waals surface area contributed by atoms with Gasteiger partial charge in [0.2, 0.25) is 5.91 Å². The van der Waals surface area contributed by atoms with Crippen LogP contribution in [0, 0.1) is 0 Å². The van der Waals surface area contributed by atoms with Crippen molar-refractivity contribution < 1.29 is 4.79 Å². The summed E-state index contributed by atoms with van der Waals surface area (Å²) in [4.78, 5) is 17.2. The number of imidazole rings is 1. The number of carbonyl (C=O) groups is 1. The first-order valence-corrected chi connectivity index (χ1v) is 10.1. The van der Waals surface area contributed by atoms with E-state index in [1.165, 1.54) is 36.0 Å². The van der Waals surface area contributed by atoms with Crippen LogP contribution in [-0.2, 0) is 17.6 Å². The van der Waals surface area contributed by atoms with Gasteiger partial charge in [-0.1, -0.05) is 36.9 Å². The molecule has 3 rings (SSSR count). The molecule has 1 aromatic carbocycles. The molecule has 1 N–H and O–H groups in total. The van der Waals surface area contributed by atoms with Crippen molar-refractivity contribution >= 4 is 17.7 Å². The molecule has 25 heavy (non-hydrogen) atoms. The highest BCUT2D eigenvalue weighted by Crippen LogP contribution is 2.30. The van der Waals surface area contributed by atoms with Gasteiger partial charge in [0, 0.05) is 16.9 Å². The van der Waals surface area contributed by atoms with Gasteiger partial charge in [-0.2, -0.15) is 0 Å². The Morgan fingerprint density at radius 3 is 2.68 bits per heavy atom. The molecule has 0 bridgehead atoms. The normalized spacial score (nSPS) is 14.2. The van der Waals surface area contributed by atoms with Gasteiger partial charge in [0.15, 0.2) is 5.16 Å². The summed E-state index contributed by atoms with van der Waals surface area (Å²) in [5, 5.41) is 4.03. The van der Waals surface area contributed by atoms with E-state index in [9.17, 15) is 4.79 Å². The summed E-state index contributed by atoms with van der Waals surface area (Å²) in [7, 11) is 0. The predicted molar refractivity (Wildman–Crippen MR) is 103 cm³/mol. The zero-order valence-electron chi connectivity index (χ0n) is 15.3. The molecule has 1 aliphatic rings. The van der Waals surface area contributed by atoms with Crippen molar-refractivity contribution in [1.82, 2.24) is 14.9 Å². The van der Waals surface area contributed by atoms with Crippen molar-refractivity contribution in [3.8, 4) is 5.69 Å². The highest BCUT2D eigenvalue weighted by molar-refractivity contribution is 7.99. The smallest absolute Gasteiger partial charge is 0.230 e. The topological polar surface area (TPSA) is 46.9 Å². The number of thioether (sulfide) groups is 1. The van der Waals surface area contributed by atoms with Gasteiger partial charge in [-0.05, 0) is 58.1 Å². The largest absolute Gasteiger partial charge is 0.351 e. The van der Waals surface area contributed by atoms with Crippen LogP contribution in [0.25, 0.3) is 5.69 Å². The average molecular weight is 358 g/mol. The Bertz CT molecular complexity index is 737. The van der Waals surface area contributed by atoms with Gasteiger partial charge in [-0.15, -0.1) is 0 Å². The third-order valence-corrected chi connectivity index (χ3v) is 5.75. The Labute approximate surface area is 154 Å². The minimum atomic E-state index is -0.161. The van der Waals surface area contributed by atoms with Crippen LogP contribution in [0.2, 0.25) is 0 Å². The third kappa shape index (κ3) is 4.27. The molecule has 0 saturated heterocycles. The quantitative estimate of drug-likeness (QED) is 0.790. The van der Waals surface area contributed by atoms with Crippen LogP contribution in [0.15, 0.2) is 35.5 Å². The van der Waals surface area contributed by atoms with Crippen LogP contribution in [-0.4, -0.2) is 26.8 Å². The number of fused-ring (bicyclic) bond motifs is 1. The maximum Gasteiger partial charge on any atom is 0.230 e. The lowest BCUT2D eigenvalue weighted by atomic mass is 10.0. The van der Waals surface area contributed by atoms with Crippen molar-refractivity contribution in [1.29, 1.82) is 0 Å². The Kier molecular flexibility index (Phi) is 5.52. The van der Waals surface area contributed by atoms with Crippen molar-refractivity contribution in [2.45, 2.75) is 63.6 Å². The van der Waals surface area contributed by atoms with Crippen LogP contribution >= 0.6 is 11.8 Å². The molecule has 5 heteroatoms. The lowest BCUT2D eigenvalue weighted by Gasteiger charge is -2.24. The molecule has 0 saturated carbocycles. The summed E-state index contributed by atoms with van der Waals surface area (Å²) in [6.45, 7) is 6.20. The molecule has 0 fully saturated rings. The number of aryl methyl sites for hydroxylation is 1. The second-order valence-corrected chi connectivity index (χ2v) is 8.18. The fourth-order valence-electron chi connectivity index (χ4n) is 3.09. The zero-order valence-corrected chi connectivity index (χ0v) is 16.2. The molecule has 0 radical (unpaired) electrons. The van der Waals surface area contributed by atoms with Gasteiger partial charge in [0.1, 0.15) is 0 Å². The van der Waals surface area contributed by atoms with E-state index in [0.717, 1.165) is 30.1 Å². The number of rotatable bonds is 6. The van der Waals surface area contributed by atoms with E-state index in [-0.39, 0.29) is 11.4 Å². The minimum Gasteiger partial charge on any atom is -0.351 e. The molecule has 1 aliphatic carbocycles. The second kappa shape index (κ2) is 7.65. The molecule has 1 heterocycles. The number of para-hydroxylation sites is 1. The number of amides is 1. The number of nitrogens with zero attached hydrogens (tertiary/aromatic N) is 2. The molecular weight excluding hydrogens is 330 g/mol. The molecule has 0 aliphatic heterocycles. The van der Waals surface area contributed by atoms with E-state index in [4.69, 9.17) is 4.98 Å². The number of benzene rings is 1. The van der Waals surface area contributed by atoms with Gasteiger partial charge in [0.25, 0.3) is 0 Å². The number of nitrogens with one attached hydrogen (secondary N) is 1. The van der Waals surface area contributed by atoms with Gasteiger partial charge in [0.05, 0.1) is 11.4 Å². The maximum absolute atomic E-state index is 12.3. The number of hydrogen-bond acceptors (Lipinski definition) is 3. The molecule has 2 aromatic rings. The number of carbonyl (C=O) groups excluding carboxylic acids is 1. The lowest BCUT2D eigenvalue weighted by Crippen LogP contribution is -2.43. The summed E-state index contributed by atoms with van der Waals surface area (Å²) < 4.78 is 2.25. The van der Waals surface area contributed by atoms with Crippen LogP contribution < -0.4 is 5.32 Å². The molecule has 0 unspecified atom stereocenters. The van der Waals surface area contributed by atoms with Gasteiger partial charge >= 0.3 is 0 Å². The summed E-state index contributed by atoms with van der Waals surface area (Å²) >= 11 is 1.53. The second-order valence-electron chi connectivity index (χ2n) is 7.24. The van der Waals surface area contributed by atoms with E-state index in [0.29, 0.717) is 5.75 Å². The van der Waals surface area contributed by atoms with Gasteiger partial charge in [-0.25, -0.2) is 4.98 Å². The summed E-state index contributed by atoms with van der Waals surface area (Å²) in [6, 6.07) is 10.4. The van der Waals surface area contributed by atoms with Crippen LogP contribution in [0.3, 0.4) is 0 Å². The fraction of sp³-hybridized carbons (Fsp3) is 0.500. The Morgan fingerprint density at radius 1 is 1.24 bits per heavy atom. The van der Waals surface area contributed by atoms with Crippen molar-refractivity contribution in [2.75, 3.05) is 5.75 Å². The van der Waals surface area contributed by atoms with Crippen LogP contribution in [0.5, 0.6) is 0 Å². The third-order valence-electron chi connectivity index (χ3n) is 4.81. The van der Waals surface area contributed by atoms with Crippen molar-refractivity contribution in [3.05, 3.63) is 41.7 Å². The first kappa shape index (κ1) is 18.1. The highest BCUT2D eigenvalue weighted by Gasteiger charge is 2.23. The summed E-state index contributed by atoms with van der Waals surface area (Å²) in [5.41, 5.74) is 3.49.